The number of carbonyl (C=O) groups is 3. The van der Waals surface area contributed by atoms with Crippen LogP contribution in [0.5, 0.6) is 5.75 Å². The number of rotatable bonds is 6. The summed E-state index contributed by atoms with van der Waals surface area (Å²) in [6.45, 7) is 5.48. The van der Waals surface area contributed by atoms with Gasteiger partial charge in [-0.25, -0.2) is 0 Å². The van der Waals surface area contributed by atoms with E-state index in [1.54, 1.807) is 18.2 Å². The Hall–Kier alpha value is -3.35. The Morgan fingerprint density at radius 1 is 1.21 bits per heavy atom. The van der Waals surface area contributed by atoms with Gasteiger partial charge in [0.2, 0.25) is 0 Å². The van der Waals surface area contributed by atoms with E-state index in [0.717, 1.165) is 11.1 Å². The molecule has 2 aromatic carbocycles. The summed E-state index contributed by atoms with van der Waals surface area (Å²) in [5, 5.41) is 2.77. The third-order valence-corrected chi connectivity index (χ3v) is 4.67. The van der Waals surface area contributed by atoms with Gasteiger partial charge in [-0.2, -0.15) is 0 Å². The van der Waals surface area contributed by atoms with Gasteiger partial charge in [-0.05, 0) is 44.5 Å². The zero-order valence-electron chi connectivity index (χ0n) is 16.7. The highest BCUT2D eigenvalue weighted by Gasteiger charge is 2.26. The van der Waals surface area contributed by atoms with E-state index >= 15 is 0 Å². The van der Waals surface area contributed by atoms with Crippen molar-refractivity contribution in [2.24, 2.45) is 0 Å². The summed E-state index contributed by atoms with van der Waals surface area (Å²) < 4.78 is 10.6. The minimum atomic E-state index is -0.948. The number of nitrogens with zero attached hydrogens (tertiary/aromatic N) is 1. The Kier molecular flexibility index (Phi) is 6.16. The molecule has 0 fully saturated rings. The molecule has 0 aliphatic carbocycles. The lowest BCUT2D eigenvalue weighted by Gasteiger charge is -2.29. The highest BCUT2D eigenvalue weighted by atomic mass is 16.5. The van der Waals surface area contributed by atoms with E-state index in [1.807, 2.05) is 38.1 Å². The van der Waals surface area contributed by atoms with Gasteiger partial charge in [0.15, 0.2) is 12.7 Å². The molecule has 0 unspecified atom stereocenters. The maximum Gasteiger partial charge on any atom is 0.308 e. The lowest BCUT2D eigenvalue weighted by Crippen LogP contribution is -2.40. The molecule has 1 heterocycles. The number of hydrogen-bond acceptors (Lipinski definition) is 5. The molecule has 7 nitrogen and oxygen atoms in total. The van der Waals surface area contributed by atoms with Crippen molar-refractivity contribution in [1.29, 1.82) is 0 Å². The number of benzene rings is 2. The summed E-state index contributed by atoms with van der Waals surface area (Å²) in [6, 6.07) is 12.8. The largest absolute Gasteiger partial charge is 0.482 e. The first kappa shape index (κ1) is 20.4. The van der Waals surface area contributed by atoms with Crippen molar-refractivity contribution < 1.29 is 23.9 Å². The first-order chi connectivity index (χ1) is 13.8. The van der Waals surface area contributed by atoms with Gasteiger partial charge in [0, 0.05) is 12.2 Å². The first-order valence-electron chi connectivity index (χ1n) is 9.45. The second-order valence-electron chi connectivity index (χ2n) is 6.99. The summed E-state index contributed by atoms with van der Waals surface area (Å²) in [5.41, 5.74) is 3.33. The van der Waals surface area contributed by atoms with E-state index in [1.165, 1.54) is 11.8 Å². The second kappa shape index (κ2) is 8.77. The Bertz CT molecular complexity index is 941. The molecule has 0 bridgehead atoms. The topological polar surface area (TPSA) is 84.9 Å². The van der Waals surface area contributed by atoms with Crippen LogP contribution >= 0.6 is 0 Å². The number of hydrogen-bond donors (Lipinski definition) is 1. The normalized spacial score (nSPS) is 13.9. The number of nitrogens with one attached hydrogen (secondary N) is 1. The van der Waals surface area contributed by atoms with Crippen LogP contribution in [-0.2, 0) is 19.1 Å². The van der Waals surface area contributed by atoms with Gasteiger partial charge in [0.05, 0.1) is 12.1 Å². The maximum absolute atomic E-state index is 12.3. The molecule has 1 atom stereocenters. The third-order valence-electron chi connectivity index (χ3n) is 4.67. The van der Waals surface area contributed by atoms with Crippen LogP contribution < -0.4 is 15.0 Å². The number of carbonyl (C=O) groups excluding carboxylic acids is 3. The van der Waals surface area contributed by atoms with E-state index in [-0.39, 0.29) is 25.5 Å². The van der Waals surface area contributed by atoms with Crippen molar-refractivity contribution in [2.45, 2.75) is 33.3 Å². The monoisotopic (exact) mass is 396 g/mol. The molecule has 0 saturated heterocycles. The number of anilines is 2. The van der Waals surface area contributed by atoms with Gasteiger partial charge >= 0.3 is 5.97 Å². The van der Waals surface area contributed by atoms with E-state index < -0.39 is 18.0 Å². The van der Waals surface area contributed by atoms with E-state index in [9.17, 15) is 14.4 Å². The first-order valence-corrected chi connectivity index (χ1v) is 9.45. The summed E-state index contributed by atoms with van der Waals surface area (Å²) in [4.78, 5) is 38.2. The number of ether oxygens (including phenoxy) is 2. The fourth-order valence-corrected chi connectivity index (χ4v) is 3.10. The van der Waals surface area contributed by atoms with Crippen molar-refractivity contribution >= 4 is 29.2 Å². The number of fused-ring (bicyclic) bond motifs is 1. The van der Waals surface area contributed by atoms with Gasteiger partial charge in [0.1, 0.15) is 5.75 Å². The van der Waals surface area contributed by atoms with Crippen molar-refractivity contribution in [3.63, 3.8) is 0 Å². The average molecular weight is 396 g/mol. The second-order valence-corrected chi connectivity index (χ2v) is 6.99. The van der Waals surface area contributed by atoms with Crippen LogP contribution in [0.1, 0.15) is 24.5 Å². The van der Waals surface area contributed by atoms with Crippen LogP contribution in [0, 0.1) is 13.8 Å². The van der Waals surface area contributed by atoms with E-state index in [4.69, 9.17) is 9.47 Å². The molecule has 0 radical (unpaired) electrons. The van der Waals surface area contributed by atoms with Gasteiger partial charge < -0.3 is 19.7 Å². The molecule has 152 valence electrons. The van der Waals surface area contributed by atoms with Crippen LogP contribution in [0.3, 0.4) is 0 Å². The Morgan fingerprint density at radius 3 is 2.72 bits per heavy atom. The highest BCUT2D eigenvalue weighted by Crippen LogP contribution is 2.31. The molecule has 2 amide bonds. The van der Waals surface area contributed by atoms with Crippen LogP contribution in [0.15, 0.2) is 42.5 Å². The lowest BCUT2D eigenvalue weighted by molar-refractivity contribution is -0.153. The molecular formula is C22H24N2O5. The van der Waals surface area contributed by atoms with Gasteiger partial charge in [-0.1, -0.05) is 29.8 Å². The quantitative estimate of drug-likeness (QED) is 0.759. The zero-order chi connectivity index (χ0) is 21.0. The SMILES string of the molecule is Cc1ccc(NC(=O)[C@H](C)OC(=O)CCN2C(=O)COc3ccccc32)c(C)c1. The van der Waals surface area contributed by atoms with Gasteiger partial charge in [-0.15, -0.1) is 0 Å². The summed E-state index contributed by atoms with van der Waals surface area (Å²) in [6.07, 6.45) is -0.975. The number of aryl methyl sites for hydroxylation is 2. The Morgan fingerprint density at radius 2 is 1.97 bits per heavy atom. The fraction of sp³-hybridized carbons (Fsp3) is 0.318. The molecule has 0 spiro atoms. The Labute approximate surface area is 169 Å². The average Bonchev–Trinajstić information content (AvgIpc) is 2.69. The molecule has 1 aliphatic rings. The van der Waals surface area contributed by atoms with Crippen molar-refractivity contribution in [3.8, 4) is 5.75 Å². The summed E-state index contributed by atoms with van der Waals surface area (Å²) >= 11 is 0. The maximum atomic E-state index is 12.3. The molecule has 0 saturated carbocycles. The van der Waals surface area contributed by atoms with E-state index in [2.05, 4.69) is 5.32 Å². The van der Waals surface area contributed by atoms with Gasteiger partial charge in [-0.3, -0.25) is 14.4 Å². The van der Waals surface area contributed by atoms with Crippen LogP contribution in [0.25, 0.3) is 0 Å². The standard InChI is InChI=1S/C22H24N2O5/c1-14-8-9-17(15(2)12-14)23-22(27)16(3)29-21(26)10-11-24-18-6-4-5-7-19(18)28-13-20(24)25/h4-9,12,16H,10-11,13H2,1-3H3,(H,23,27)/t16-/m0/s1. The summed E-state index contributed by atoms with van der Waals surface area (Å²) in [5.74, 6) is -0.582. The van der Waals surface area contributed by atoms with Crippen LogP contribution in [0.4, 0.5) is 11.4 Å². The smallest absolute Gasteiger partial charge is 0.308 e. The molecular weight excluding hydrogens is 372 g/mol. The lowest BCUT2D eigenvalue weighted by atomic mass is 10.1. The molecule has 3 rings (SSSR count). The van der Waals surface area contributed by atoms with Crippen molar-refractivity contribution in [2.75, 3.05) is 23.4 Å². The van der Waals surface area contributed by atoms with Crippen LogP contribution in [0.2, 0.25) is 0 Å². The highest BCUT2D eigenvalue weighted by molar-refractivity contribution is 5.98. The Balaban J connectivity index is 1.54. The van der Waals surface area contributed by atoms with Crippen molar-refractivity contribution in [3.05, 3.63) is 53.6 Å². The van der Waals surface area contributed by atoms with Crippen molar-refractivity contribution in [1.82, 2.24) is 0 Å². The number of para-hydroxylation sites is 2. The predicted molar refractivity (Wildman–Crippen MR) is 109 cm³/mol. The molecule has 29 heavy (non-hydrogen) atoms. The van der Waals surface area contributed by atoms with Gasteiger partial charge in [0.25, 0.3) is 11.8 Å². The predicted octanol–water partition coefficient (Wildman–Crippen LogP) is 2.99. The van der Waals surface area contributed by atoms with Crippen LogP contribution in [-0.4, -0.2) is 37.0 Å². The molecule has 7 heteroatoms. The van der Waals surface area contributed by atoms with E-state index in [0.29, 0.717) is 17.1 Å². The number of esters is 1. The molecule has 1 N–H and O–H groups in total. The minimum absolute atomic E-state index is 0.0265. The number of amides is 2. The molecule has 1 aliphatic heterocycles. The zero-order valence-corrected chi connectivity index (χ0v) is 16.7. The third kappa shape index (κ3) is 4.93. The minimum Gasteiger partial charge on any atom is -0.482 e. The molecule has 2 aromatic rings. The fourth-order valence-electron chi connectivity index (χ4n) is 3.10. The summed E-state index contributed by atoms with van der Waals surface area (Å²) in [7, 11) is 0. The molecule has 0 aromatic heterocycles.